The standard InChI is InChI=1S/C12H16N2O3/c1-16-10-4-2-9(3-5-10)14-12(11(13)15)6-7-17-8-12/h2-5,14H,6-8H2,1H3,(H2,13,15). The number of anilines is 1. The van der Waals surface area contributed by atoms with Gasteiger partial charge in [-0.25, -0.2) is 0 Å². The first kappa shape index (κ1) is 11.7. The Morgan fingerprint density at radius 3 is 2.65 bits per heavy atom. The van der Waals surface area contributed by atoms with Gasteiger partial charge in [-0.2, -0.15) is 0 Å². The Bertz CT molecular complexity index is 397. The summed E-state index contributed by atoms with van der Waals surface area (Å²) in [7, 11) is 1.61. The molecule has 1 aromatic rings. The molecule has 0 saturated carbocycles. The number of methoxy groups -OCH3 is 1. The van der Waals surface area contributed by atoms with E-state index < -0.39 is 5.54 Å². The highest BCUT2D eigenvalue weighted by Gasteiger charge is 2.40. The molecule has 1 heterocycles. The highest BCUT2D eigenvalue weighted by Crippen LogP contribution is 2.25. The summed E-state index contributed by atoms with van der Waals surface area (Å²) in [5.41, 5.74) is 5.48. The molecule has 5 heteroatoms. The molecule has 1 atom stereocenters. The summed E-state index contributed by atoms with van der Waals surface area (Å²) in [6.07, 6.45) is 0.592. The molecular weight excluding hydrogens is 220 g/mol. The van der Waals surface area contributed by atoms with Gasteiger partial charge in [0.25, 0.3) is 0 Å². The van der Waals surface area contributed by atoms with Crippen LogP contribution >= 0.6 is 0 Å². The van der Waals surface area contributed by atoms with Crippen LogP contribution in [0.2, 0.25) is 0 Å². The van der Waals surface area contributed by atoms with Gasteiger partial charge in [-0.1, -0.05) is 0 Å². The fraction of sp³-hybridized carbons (Fsp3) is 0.417. The van der Waals surface area contributed by atoms with Crippen molar-refractivity contribution in [2.24, 2.45) is 5.73 Å². The van der Waals surface area contributed by atoms with Gasteiger partial charge in [0, 0.05) is 18.7 Å². The van der Waals surface area contributed by atoms with E-state index in [1.807, 2.05) is 24.3 Å². The maximum absolute atomic E-state index is 11.5. The summed E-state index contributed by atoms with van der Waals surface area (Å²) in [4.78, 5) is 11.5. The predicted molar refractivity (Wildman–Crippen MR) is 64.0 cm³/mol. The van der Waals surface area contributed by atoms with E-state index in [-0.39, 0.29) is 5.91 Å². The summed E-state index contributed by atoms with van der Waals surface area (Å²) < 4.78 is 10.3. The summed E-state index contributed by atoms with van der Waals surface area (Å²) in [5.74, 6) is 0.386. The summed E-state index contributed by atoms with van der Waals surface area (Å²) in [6, 6.07) is 7.35. The molecule has 5 nitrogen and oxygen atoms in total. The topological polar surface area (TPSA) is 73.6 Å². The molecule has 17 heavy (non-hydrogen) atoms. The van der Waals surface area contributed by atoms with Crippen LogP contribution in [0.5, 0.6) is 5.75 Å². The number of primary amides is 1. The highest BCUT2D eigenvalue weighted by atomic mass is 16.5. The lowest BCUT2D eigenvalue weighted by Crippen LogP contribution is -2.51. The van der Waals surface area contributed by atoms with Crippen molar-refractivity contribution in [1.82, 2.24) is 0 Å². The smallest absolute Gasteiger partial charge is 0.245 e. The molecule has 3 N–H and O–H groups in total. The zero-order chi connectivity index (χ0) is 12.3. The predicted octanol–water partition coefficient (Wildman–Crippen LogP) is 0.751. The number of carbonyl (C=O) groups excluding carboxylic acids is 1. The first-order valence-corrected chi connectivity index (χ1v) is 5.46. The minimum absolute atomic E-state index is 0.314. The minimum atomic E-state index is -0.783. The number of nitrogens with one attached hydrogen (secondary N) is 1. The van der Waals surface area contributed by atoms with Crippen LogP contribution in [0, 0.1) is 0 Å². The second-order valence-electron chi connectivity index (χ2n) is 4.10. The van der Waals surface area contributed by atoms with Crippen LogP contribution < -0.4 is 15.8 Å². The van der Waals surface area contributed by atoms with Crippen molar-refractivity contribution in [3.63, 3.8) is 0 Å². The van der Waals surface area contributed by atoms with Gasteiger partial charge in [-0.3, -0.25) is 4.79 Å². The Balaban J connectivity index is 2.15. The first-order valence-electron chi connectivity index (χ1n) is 5.46. The molecule has 0 radical (unpaired) electrons. The summed E-state index contributed by atoms with van der Waals surface area (Å²) in [6.45, 7) is 0.862. The van der Waals surface area contributed by atoms with Crippen LogP contribution in [-0.2, 0) is 9.53 Å². The molecule has 92 valence electrons. The highest BCUT2D eigenvalue weighted by molar-refractivity contribution is 5.88. The van der Waals surface area contributed by atoms with E-state index in [0.29, 0.717) is 19.6 Å². The van der Waals surface area contributed by atoms with Gasteiger partial charge < -0.3 is 20.5 Å². The number of amides is 1. The molecule has 1 saturated heterocycles. The van der Waals surface area contributed by atoms with E-state index in [4.69, 9.17) is 15.2 Å². The second-order valence-corrected chi connectivity index (χ2v) is 4.10. The van der Waals surface area contributed by atoms with Crippen LogP contribution in [0.15, 0.2) is 24.3 Å². The van der Waals surface area contributed by atoms with Crippen molar-refractivity contribution in [3.05, 3.63) is 24.3 Å². The van der Waals surface area contributed by atoms with E-state index in [1.54, 1.807) is 7.11 Å². The minimum Gasteiger partial charge on any atom is -0.497 e. The van der Waals surface area contributed by atoms with E-state index in [9.17, 15) is 4.79 Å². The van der Waals surface area contributed by atoms with E-state index >= 15 is 0 Å². The third-order valence-electron chi connectivity index (χ3n) is 2.97. The van der Waals surface area contributed by atoms with E-state index in [1.165, 1.54) is 0 Å². The van der Waals surface area contributed by atoms with Gasteiger partial charge in [-0.15, -0.1) is 0 Å². The van der Waals surface area contributed by atoms with Gasteiger partial charge in [0.2, 0.25) is 5.91 Å². The lowest BCUT2D eigenvalue weighted by atomic mass is 9.97. The summed E-state index contributed by atoms with van der Waals surface area (Å²) >= 11 is 0. The van der Waals surface area contributed by atoms with Crippen LogP contribution in [0.3, 0.4) is 0 Å². The third kappa shape index (κ3) is 2.34. The zero-order valence-corrected chi connectivity index (χ0v) is 9.73. The van der Waals surface area contributed by atoms with Gasteiger partial charge >= 0.3 is 0 Å². The number of rotatable bonds is 4. The number of hydrogen-bond donors (Lipinski definition) is 2. The molecule has 2 rings (SSSR count). The van der Waals surface area contributed by atoms with Crippen molar-refractivity contribution in [2.75, 3.05) is 25.6 Å². The lowest BCUT2D eigenvalue weighted by Gasteiger charge is -2.26. The SMILES string of the molecule is COc1ccc(NC2(C(N)=O)CCOC2)cc1. The molecule has 0 bridgehead atoms. The van der Waals surface area contributed by atoms with Crippen molar-refractivity contribution in [3.8, 4) is 5.75 Å². The first-order chi connectivity index (χ1) is 8.16. The number of carbonyl (C=O) groups is 1. The molecule has 1 fully saturated rings. The molecule has 1 amide bonds. The maximum Gasteiger partial charge on any atom is 0.245 e. The van der Waals surface area contributed by atoms with Crippen molar-refractivity contribution in [2.45, 2.75) is 12.0 Å². The monoisotopic (exact) mass is 236 g/mol. The molecule has 1 aliphatic heterocycles. The molecule has 1 aromatic carbocycles. The fourth-order valence-electron chi connectivity index (χ4n) is 1.87. The van der Waals surface area contributed by atoms with Gasteiger partial charge in [0.05, 0.1) is 13.7 Å². The maximum atomic E-state index is 11.5. The second kappa shape index (κ2) is 4.63. The average molecular weight is 236 g/mol. The van der Waals surface area contributed by atoms with Crippen LogP contribution in [0.1, 0.15) is 6.42 Å². The summed E-state index contributed by atoms with van der Waals surface area (Å²) in [5, 5.41) is 3.15. The van der Waals surface area contributed by atoms with Crippen LogP contribution in [-0.4, -0.2) is 31.8 Å². The number of nitrogens with two attached hydrogens (primary N) is 1. The van der Waals surface area contributed by atoms with Gasteiger partial charge in [0.15, 0.2) is 0 Å². The lowest BCUT2D eigenvalue weighted by molar-refractivity contribution is -0.122. The van der Waals surface area contributed by atoms with Crippen molar-refractivity contribution >= 4 is 11.6 Å². The normalized spacial score (nSPS) is 23.4. The molecule has 0 aromatic heterocycles. The fourth-order valence-corrected chi connectivity index (χ4v) is 1.87. The van der Waals surface area contributed by atoms with Crippen molar-refractivity contribution in [1.29, 1.82) is 0 Å². The Morgan fingerprint density at radius 2 is 2.18 bits per heavy atom. The van der Waals surface area contributed by atoms with Crippen LogP contribution in [0.25, 0.3) is 0 Å². The molecule has 0 spiro atoms. The van der Waals surface area contributed by atoms with Crippen molar-refractivity contribution < 1.29 is 14.3 Å². The van der Waals surface area contributed by atoms with E-state index in [2.05, 4.69) is 5.32 Å². The molecular formula is C12H16N2O3. The quantitative estimate of drug-likeness (QED) is 0.809. The van der Waals surface area contributed by atoms with Crippen LogP contribution in [0.4, 0.5) is 5.69 Å². The largest absolute Gasteiger partial charge is 0.497 e. The number of ether oxygens (including phenoxy) is 2. The Kier molecular flexibility index (Phi) is 3.19. The average Bonchev–Trinajstić information content (AvgIpc) is 2.80. The molecule has 1 aliphatic rings. The number of hydrogen-bond acceptors (Lipinski definition) is 4. The molecule has 1 unspecified atom stereocenters. The zero-order valence-electron chi connectivity index (χ0n) is 9.73. The Labute approximate surface area is 99.9 Å². The third-order valence-corrected chi connectivity index (χ3v) is 2.97. The Hall–Kier alpha value is -1.75. The van der Waals surface area contributed by atoms with Gasteiger partial charge in [-0.05, 0) is 24.3 Å². The number of benzene rings is 1. The van der Waals surface area contributed by atoms with E-state index in [0.717, 1.165) is 11.4 Å². The Morgan fingerprint density at radius 1 is 1.47 bits per heavy atom. The van der Waals surface area contributed by atoms with Gasteiger partial charge in [0.1, 0.15) is 11.3 Å². The molecule has 0 aliphatic carbocycles.